The van der Waals surface area contributed by atoms with Crippen LogP contribution in [-0.4, -0.2) is 24.5 Å². The maximum absolute atomic E-state index is 5.09. The predicted octanol–water partition coefficient (Wildman–Crippen LogP) is 15.7. The Bertz CT molecular complexity index is 3530. The molecule has 12 aromatic rings. The van der Waals surface area contributed by atoms with Crippen molar-refractivity contribution in [1.29, 1.82) is 0 Å². The smallest absolute Gasteiger partial charge is 0.164 e. The third-order valence-corrected chi connectivity index (χ3v) is 12.5. The van der Waals surface area contributed by atoms with Gasteiger partial charge < -0.3 is 4.57 Å². The molecule has 0 N–H and O–H groups in total. The Kier molecular flexibility index (Phi) is 10.1. The zero-order valence-corrected chi connectivity index (χ0v) is 36.4. The lowest BCUT2D eigenvalue weighted by atomic mass is 9.91. The number of benzene rings is 9. The highest BCUT2D eigenvalue weighted by atomic mass is 15.0. The highest BCUT2D eigenvalue weighted by molar-refractivity contribution is 6.11. The van der Waals surface area contributed by atoms with Gasteiger partial charge >= 0.3 is 0 Å². The molecule has 314 valence electrons. The topological polar surface area (TPSA) is 56.5 Å². The van der Waals surface area contributed by atoms with E-state index in [-0.39, 0.29) is 0 Å². The van der Waals surface area contributed by atoms with Crippen molar-refractivity contribution in [3.8, 4) is 95.6 Å². The molecule has 0 atom stereocenters. The second-order valence-corrected chi connectivity index (χ2v) is 16.6. The Morgan fingerprint density at radius 3 is 1.12 bits per heavy atom. The van der Waals surface area contributed by atoms with Crippen molar-refractivity contribution in [3.63, 3.8) is 0 Å². The first-order chi connectivity index (χ1) is 33.2. The van der Waals surface area contributed by atoms with E-state index < -0.39 is 0 Å². The van der Waals surface area contributed by atoms with Crippen molar-refractivity contribution in [1.82, 2.24) is 24.5 Å². The number of rotatable bonds is 9. The lowest BCUT2D eigenvalue weighted by molar-refractivity contribution is 1.07. The van der Waals surface area contributed by atoms with E-state index >= 15 is 0 Å². The van der Waals surface area contributed by atoms with Crippen LogP contribution in [0, 0.1) is 0 Å². The molecule has 0 saturated carbocycles. The summed E-state index contributed by atoms with van der Waals surface area (Å²) in [6.07, 6.45) is 1.92. The van der Waals surface area contributed by atoms with Gasteiger partial charge in [0.05, 0.1) is 16.7 Å². The van der Waals surface area contributed by atoms with Gasteiger partial charge in [-0.15, -0.1) is 0 Å². The van der Waals surface area contributed by atoms with E-state index in [9.17, 15) is 0 Å². The Hall–Kier alpha value is -9.06. The van der Waals surface area contributed by atoms with Gasteiger partial charge in [-0.05, 0) is 81.4 Å². The second kappa shape index (κ2) is 17.1. The molecule has 0 bridgehead atoms. The fraction of sp³-hybridized carbons (Fsp3) is 0. The molecule has 3 heterocycles. The molecule has 0 aliphatic heterocycles. The number of pyridine rings is 1. The molecule has 0 aliphatic carbocycles. The summed E-state index contributed by atoms with van der Waals surface area (Å²) in [7, 11) is 0. The summed E-state index contributed by atoms with van der Waals surface area (Å²) in [4.78, 5) is 19.9. The molecule has 12 rings (SSSR count). The zero-order valence-electron chi connectivity index (χ0n) is 36.4. The second-order valence-electron chi connectivity index (χ2n) is 16.6. The van der Waals surface area contributed by atoms with Crippen molar-refractivity contribution in [2.24, 2.45) is 0 Å². The monoisotopic (exact) mass is 855 g/mol. The molecular weight excluding hydrogens is 815 g/mol. The Balaban J connectivity index is 0.943. The molecule has 0 fully saturated rings. The van der Waals surface area contributed by atoms with Gasteiger partial charge in [0.25, 0.3) is 0 Å². The molecule has 0 amide bonds. The number of nitrogens with zero attached hydrogens (tertiary/aromatic N) is 5. The van der Waals surface area contributed by atoms with Crippen LogP contribution in [0.25, 0.3) is 117 Å². The largest absolute Gasteiger partial charge is 0.309 e. The summed E-state index contributed by atoms with van der Waals surface area (Å²) in [5.41, 5.74) is 17.2. The van der Waals surface area contributed by atoms with E-state index in [0.29, 0.717) is 17.5 Å². The first kappa shape index (κ1) is 39.5. The van der Waals surface area contributed by atoms with E-state index in [4.69, 9.17) is 19.9 Å². The summed E-state index contributed by atoms with van der Waals surface area (Å²) in [5, 5.41) is 2.43. The van der Waals surface area contributed by atoms with Gasteiger partial charge in [-0.1, -0.05) is 200 Å². The van der Waals surface area contributed by atoms with Gasteiger partial charge in [-0.2, -0.15) is 0 Å². The first-order valence-electron chi connectivity index (χ1n) is 22.5. The summed E-state index contributed by atoms with van der Waals surface area (Å²) in [6.45, 7) is 0. The maximum Gasteiger partial charge on any atom is 0.164 e. The van der Waals surface area contributed by atoms with E-state index in [2.05, 4.69) is 187 Å². The Morgan fingerprint density at radius 1 is 0.284 bits per heavy atom. The summed E-state index contributed by atoms with van der Waals surface area (Å²) in [6, 6.07) is 85.2. The molecule has 3 aromatic heterocycles. The van der Waals surface area contributed by atoms with Crippen molar-refractivity contribution in [3.05, 3.63) is 249 Å². The van der Waals surface area contributed by atoms with Crippen LogP contribution >= 0.6 is 0 Å². The van der Waals surface area contributed by atoms with E-state index in [1.54, 1.807) is 0 Å². The lowest BCUT2D eigenvalue weighted by Crippen LogP contribution is -2.00. The molecule has 5 nitrogen and oxygen atoms in total. The molecule has 0 unspecified atom stereocenters. The Labute approximate surface area is 389 Å². The lowest BCUT2D eigenvalue weighted by Gasteiger charge is -2.16. The minimum atomic E-state index is 0.620. The van der Waals surface area contributed by atoms with Crippen LogP contribution in [0.15, 0.2) is 249 Å². The first-order valence-corrected chi connectivity index (χ1v) is 22.5. The van der Waals surface area contributed by atoms with Crippen LogP contribution in [0.1, 0.15) is 0 Å². The predicted molar refractivity (Wildman–Crippen MR) is 275 cm³/mol. The van der Waals surface area contributed by atoms with Crippen LogP contribution < -0.4 is 0 Å². The van der Waals surface area contributed by atoms with Gasteiger partial charge in [0.1, 0.15) is 0 Å². The fourth-order valence-corrected chi connectivity index (χ4v) is 9.24. The summed E-state index contributed by atoms with van der Waals surface area (Å²) >= 11 is 0. The van der Waals surface area contributed by atoms with E-state index in [1.807, 2.05) is 66.9 Å². The molecule has 0 radical (unpaired) electrons. The van der Waals surface area contributed by atoms with E-state index in [1.165, 1.54) is 33.0 Å². The van der Waals surface area contributed by atoms with Crippen molar-refractivity contribution < 1.29 is 0 Å². The van der Waals surface area contributed by atoms with Gasteiger partial charge in [0.2, 0.25) is 0 Å². The van der Waals surface area contributed by atoms with Crippen molar-refractivity contribution in [2.45, 2.75) is 0 Å². The van der Waals surface area contributed by atoms with Crippen LogP contribution in [0.5, 0.6) is 0 Å². The minimum Gasteiger partial charge on any atom is -0.309 e. The standard InChI is InChI=1S/C62H41N5/c1-6-16-42(17-7-1)50-32-36-56-54(40-50)55-41-51(43-18-8-2-9-19-43)33-37-57(55)67(56)52-34-30-46(31-35-52)59-58(45-20-10-3-11-21-45)53(38-39-63-59)44-26-28-49(29-27-44)62-65-60(47-22-12-4-13-23-47)64-61(66-62)48-24-14-5-15-25-48/h1-41H. The molecule has 9 aromatic carbocycles. The number of fused-ring (bicyclic) bond motifs is 3. The SMILES string of the molecule is c1ccc(-c2ccc3c(c2)c2cc(-c4ccccc4)ccc2n3-c2ccc(-c3nccc(-c4ccc(-c5nc(-c6ccccc6)nc(-c6ccccc6)n5)cc4)c3-c3ccccc3)cc2)cc1. The maximum atomic E-state index is 5.09. The molecule has 0 aliphatic rings. The van der Waals surface area contributed by atoms with Crippen LogP contribution in [0.3, 0.4) is 0 Å². The molecule has 5 heteroatoms. The average Bonchev–Trinajstić information content (AvgIpc) is 3.75. The van der Waals surface area contributed by atoms with Gasteiger partial charge in [0, 0.05) is 50.5 Å². The molecule has 67 heavy (non-hydrogen) atoms. The highest BCUT2D eigenvalue weighted by Gasteiger charge is 2.19. The van der Waals surface area contributed by atoms with E-state index in [0.717, 1.165) is 66.9 Å². The van der Waals surface area contributed by atoms with Crippen LogP contribution in [0.2, 0.25) is 0 Å². The molecule has 0 spiro atoms. The summed E-state index contributed by atoms with van der Waals surface area (Å²) < 4.78 is 2.39. The quantitative estimate of drug-likeness (QED) is 0.145. The van der Waals surface area contributed by atoms with Crippen LogP contribution in [-0.2, 0) is 0 Å². The molecular formula is C62H41N5. The fourth-order valence-electron chi connectivity index (χ4n) is 9.24. The van der Waals surface area contributed by atoms with Crippen molar-refractivity contribution >= 4 is 21.8 Å². The number of hydrogen-bond acceptors (Lipinski definition) is 4. The normalized spacial score (nSPS) is 11.3. The zero-order chi connectivity index (χ0) is 44.5. The van der Waals surface area contributed by atoms with Gasteiger partial charge in [0.15, 0.2) is 17.5 Å². The van der Waals surface area contributed by atoms with Crippen molar-refractivity contribution in [2.75, 3.05) is 0 Å². The number of hydrogen-bond donors (Lipinski definition) is 0. The van der Waals surface area contributed by atoms with Crippen LogP contribution in [0.4, 0.5) is 0 Å². The summed E-state index contributed by atoms with van der Waals surface area (Å²) in [5.74, 6) is 1.89. The minimum absolute atomic E-state index is 0.620. The Morgan fingerprint density at radius 2 is 0.657 bits per heavy atom. The third-order valence-electron chi connectivity index (χ3n) is 12.5. The number of aromatic nitrogens is 5. The third kappa shape index (κ3) is 7.54. The molecule has 0 saturated heterocycles. The van der Waals surface area contributed by atoms with Gasteiger partial charge in [-0.3, -0.25) is 4.98 Å². The van der Waals surface area contributed by atoms with Gasteiger partial charge in [-0.25, -0.2) is 15.0 Å². The average molecular weight is 856 g/mol. The highest BCUT2D eigenvalue weighted by Crippen LogP contribution is 2.41.